The van der Waals surface area contributed by atoms with Crippen molar-refractivity contribution in [1.82, 2.24) is 9.80 Å². The average Bonchev–Trinajstić information content (AvgIpc) is 2.35. The van der Waals surface area contributed by atoms with E-state index in [0.717, 1.165) is 32.7 Å². The first-order valence-corrected chi connectivity index (χ1v) is 9.83. The molecule has 0 aromatic carbocycles. The van der Waals surface area contributed by atoms with E-state index in [-0.39, 0.29) is 6.09 Å². The quantitative estimate of drug-likeness (QED) is 0.726. The molecule has 0 spiro atoms. The summed E-state index contributed by atoms with van der Waals surface area (Å²) in [5.41, 5.74) is -0.404. The predicted octanol–water partition coefficient (Wildman–Crippen LogP) is 3.33. The van der Waals surface area contributed by atoms with Gasteiger partial charge >= 0.3 is 6.09 Å². The van der Waals surface area contributed by atoms with Gasteiger partial charge in [0.25, 0.3) is 0 Å². The molecule has 1 rings (SSSR count). The number of hydrogen-bond acceptors (Lipinski definition) is 5. The molecule has 0 unspecified atom stereocenters. The molecule has 1 saturated heterocycles. The zero-order valence-corrected chi connectivity index (χ0v) is 15.0. The SMILES string of the molecule is CSS[C@@H](C)CCN1CCN(C(=O)OC(C)(C)C)CC1. The van der Waals surface area contributed by atoms with Crippen LogP contribution in [0.5, 0.6) is 0 Å². The van der Waals surface area contributed by atoms with Crippen molar-refractivity contribution in [3.63, 3.8) is 0 Å². The third-order valence-corrected chi connectivity index (χ3v) is 5.46. The molecule has 1 heterocycles. The Kier molecular flexibility index (Phi) is 7.54. The lowest BCUT2D eigenvalue weighted by atomic mass is 10.2. The van der Waals surface area contributed by atoms with Crippen LogP contribution in [-0.4, -0.2) is 65.7 Å². The molecule has 0 bridgehead atoms. The largest absolute Gasteiger partial charge is 0.444 e. The standard InChI is InChI=1S/C14H28N2O2S2/c1-12(20-19-5)6-7-15-8-10-16(11-9-15)13(17)18-14(2,3)4/h12H,6-11H2,1-5H3/t12-/m0/s1. The molecule has 1 fully saturated rings. The normalized spacial score (nSPS) is 18.9. The predicted molar refractivity (Wildman–Crippen MR) is 89.4 cm³/mol. The number of amides is 1. The van der Waals surface area contributed by atoms with Crippen LogP contribution < -0.4 is 0 Å². The molecule has 0 N–H and O–H groups in total. The molecule has 1 amide bonds. The summed E-state index contributed by atoms with van der Waals surface area (Å²) < 4.78 is 5.40. The molecule has 4 nitrogen and oxygen atoms in total. The van der Waals surface area contributed by atoms with E-state index in [9.17, 15) is 4.79 Å². The number of piperazine rings is 1. The summed E-state index contributed by atoms with van der Waals surface area (Å²) >= 11 is 0. The van der Waals surface area contributed by atoms with Crippen LogP contribution in [0.2, 0.25) is 0 Å². The van der Waals surface area contributed by atoms with E-state index in [1.54, 1.807) is 0 Å². The first-order chi connectivity index (χ1) is 9.31. The van der Waals surface area contributed by atoms with Crippen molar-refractivity contribution in [2.24, 2.45) is 0 Å². The van der Waals surface area contributed by atoms with Gasteiger partial charge in [-0.15, -0.1) is 0 Å². The fraction of sp³-hybridized carbons (Fsp3) is 0.929. The Labute approximate surface area is 131 Å². The van der Waals surface area contributed by atoms with Gasteiger partial charge < -0.3 is 9.64 Å². The Morgan fingerprint density at radius 2 is 1.85 bits per heavy atom. The van der Waals surface area contributed by atoms with Crippen LogP contribution in [0.1, 0.15) is 34.1 Å². The van der Waals surface area contributed by atoms with Crippen LogP contribution >= 0.6 is 21.6 Å². The van der Waals surface area contributed by atoms with Gasteiger partial charge in [-0.3, -0.25) is 4.90 Å². The maximum Gasteiger partial charge on any atom is 0.410 e. The van der Waals surface area contributed by atoms with Gasteiger partial charge in [0.1, 0.15) is 5.60 Å². The molecule has 1 atom stereocenters. The van der Waals surface area contributed by atoms with Gasteiger partial charge in [0.2, 0.25) is 0 Å². The lowest BCUT2D eigenvalue weighted by Gasteiger charge is -2.35. The molecule has 0 aromatic heterocycles. The van der Waals surface area contributed by atoms with Crippen molar-refractivity contribution in [2.75, 3.05) is 39.0 Å². The topological polar surface area (TPSA) is 32.8 Å². The Balaban J connectivity index is 2.24. The summed E-state index contributed by atoms with van der Waals surface area (Å²) in [6, 6.07) is 0. The highest BCUT2D eigenvalue weighted by Gasteiger charge is 2.25. The molecule has 118 valence electrons. The number of carbonyl (C=O) groups is 1. The fourth-order valence-electron chi connectivity index (χ4n) is 2.06. The number of ether oxygens (including phenoxy) is 1. The summed E-state index contributed by atoms with van der Waals surface area (Å²) in [5.74, 6) is 0. The number of rotatable bonds is 5. The Hall–Kier alpha value is -0.0700. The summed E-state index contributed by atoms with van der Waals surface area (Å²) in [4.78, 5) is 16.2. The molecule has 0 aliphatic carbocycles. The summed E-state index contributed by atoms with van der Waals surface area (Å²) in [5, 5.41) is 0.689. The Morgan fingerprint density at radius 3 is 2.35 bits per heavy atom. The number of carbonyl (C=O) groups excluding carboxylic acids is 1. The molecule has 0 aromatic rings. The van der Waals surface area contributed by atoms with E-state index in [2.05, 4.69) is 18.1 Å². The van der Waals surface area contributed by atoms with Gasteiger partial charge in [0.05, 0.1) is 0 Å². The molecule has 6 heteroatoms. The summed E-state index contributed by atoms with van der Waals surface area (Å²) in [6.45, 7) is 12.6. The van der Waals surface area contributed by atoms with Crippen molar-refractivity contribution in [1.29, 1.82) is 0 Å². The highest BCUT2D eigenvalue weighted by Crippen LogP contribution is 2.25. The van der Waals surface area contributed by atoms with Crippen molar-refractivity contribution in [2.45, 2.75) is 45.0 Å². The first-order valence-electron chi connectivity index (χ1n) is 7.21. The second kappa shape index (κ2) is 8.39. The minimum absolute atomic E-state index is 0.177. The minimum Gasteiger partial charge on any atom is -0.444 e. The fourth-order valence-corrected chi connectivity index (χ4v) is 3.86. The zero-order valence-electron chi connectivity index (χ0n) is 13.3. The van der Waals surface area contributed by atoms with E-state index in [1.165, 1.54) is 6.42 Å². The van der Waals surface area contributed by atoms with E-state index in [4.69, 9.17) is 4.74 Å². The van der Waals surface area contributed by atoms with Crippen LogP contribution in [0, 0.1) is 0 Å². The van der Waals surface area contributed by atoms with Crippen molar-refractivity contribution in [3.8, 4) is 0 Å². The smallest absolute Gasteiger partial charge is 0.410 e. The van der Waals surface area contributed by atoms with Crippen molar-refractivity contribution >= 4 is 27.7 Å². The van der Waals surface area contributed by atoms with Crippen LogP contribution in [0.15, 0.2) is 0 Å². The maximum atomic E-state index is 12.0. The van der Waals surface area contributed by atoms with Crippen molar-refractivity contribution in [3.05, 3.63) is 0 Å². The molecule has 1 aliphatic rings. The zero-order chi connectivity index (χ0) is 15.2. The third kappa shape index (κ3) is 7.09. The van der Waals surface area contributed by atoms with Crippen LogP contribution in [-0.2, 0) is 4.74 Å². The van der Waals surface area contributed by atoms with Crippen LogP contribution in [0.3, 0.4) is 0 Å². The average molecular weight is 321 g/mol. The first kappa shape index (κ1) is 18.0. The van der Waals surface area contributed by atoms with Gasteiger partial charge in [-0.1, -0.05) is 28.5 Å². The Bertz CT molecular complexity index is 300. The second-order valence-corrected chi connectivity index (χ2v) is 9.08. The number of hydrogen-bond donors (Lipinski definition) is 0. The van der Waals surface area contributed by atoms with Gasteiger partial charge in [-0.2, -0.15) is 0 Å². The Morgan fingerprint density at radius 1 is 1.25 bits per heavy atom. The lowest BCUT2D eigenvalue weighted by molar-refractivity contribution is 0.0144. The maximum absolute atomic E-state index is 12.0. The molecule has 0 radical (unpaired) electrons. The molecular formula is C14H28N2O2S2. The van der Waals surface area contributed by atoms with E-state index >= 15 is 0 Å². The molecular weight excluding hydrogens is 292 g/mol. The minimum atomic E-state index is -0.404. The lowest BCUT2D eigenvalue weighted by Crippen LogP contribution is -2.50. The highest BCUT2D eigenvalue weighted by atomic mass is 33.1. The van der Waals surface area contributed by atoms with Crippen molar-refractivity contribution < 1.29 is 9.53 Å². The molecule has 20 heavy (non-hydrogen) atoms. The van der Waals surface area contributed by atoms with Crippen LogP contribution in [0.4, 0.5) is 4.79 Å². The highest BCUT2D eigenvalue weighted by molar-refractivity contribution is 8.76. The summed E-state index contributed by atoms with van der Waals surface area (Å²) in [7, 11) is 3.77. The van der Waals surface area contributed by atoms with Gasteiger partial charge in [0, 0.05) is 31.4 Å². The second-order valence-electron chi connectivity index (χ2n) is 6.17. The van der Waals surface area contributed by atoms with Gasteiger partial charge in [0.15, 0.2) is 0 Å². The van der Waals surface area contributed by atoms with E-state index in [0.29, 0.717) is 5.25 Å². The van der Waals surface area contributed by atoms with E-state index in [1.807, 2.05) is 47.3 Å². The number of nitrogens with zero attached hydrogens (tertiary/aromatic N) is 2. The molecule has 1 aliphatic heterocycles. The molecule has 0 saturated carbocycles. The van der Waals surface area contributed by atoms with Gasteiger partial charge in [-0.05, 0) is 40.0 Å². The van der Waals surface area contributed by atoms with Gasteiger partial charge in [-0.25, -0.2) is 4.79 Å². The van der Waals surface area contributed by atoms with E-state index < -0.39 is 5.60 Å². The third-order valence-electron chi connectivity index (χ3n) is 3.14. The summed E-state index contributed by atoms with van der Waals surface area (Å²) in [6.07, 6.45) is 3.15. The van der Waals surface area contributed by atoms with Crippen LogP contribution in [0.25, 0.3) is 0 Å². The monoisotopic (exact) mass is 320 g/mol.